The molecule has 0 saturated heterocycles. The van der Waals surface area contributed by atoms with Crippen molar-refractivity contribution < 1.29 is 23.9 Å². The molecule has 0 spiro atoms. The third-order valence-corrected chi connectivity index (χ3v) is 9.91. The number of unbranched alkanes of at least 4 members (excludes halogenated alkanes) is 15. The van der Waals surface area contributed by atoms with Gasteiger partial charge in [0.15, 0.2) is 5.78 Å². The highest BCUT2D eigenvalue weighted by Gasteiger charge is 2.17. The molecule has 6 heteroatoms. The topological polar surface area (TPSA) is 72.9 Å². The van der Waals surface area contributed by atoms with Crippen LogP contribution in [0.1, 0.15) is 201 Å². The summed E-state index contributed by atoms with van der Waals surface area (Å²) in [6, 6.07) is 0. The van der Waals surface area contributed by atoms with E-state index in [4.69, 9.17) is 9.47 Å². The van der Waals surface area contributed by atoms with E-state index in [1.54, 1.807) is 0 Å². The number of ether oxygens (including phenoxy) is 2. The summed E-state index contributed by atoms with van der Waals surface area (Å²) < 4.78 is 11.5. The quantitative estimate of drug-likeness (QED) is 0.0370. The van der Waals surface area contributed by atoms with E-state index in [1.807, 2.05) is 20.2 Å². The van der Waals surface area contributed by atoms with Gasteiger partial charge in [-0.25, -0.2) is 0 Å². The second-order valence-electron chi connectivity index (χ2n) is 14.8. The van der Waals surface area contributed by atoms with Crippen molar-refractivity contribution in [1.29, 1.82) is 0 Å². The second-order valence-corrected chi connectivity index (χ2v) is 14.8. The van der Waals surface area contributed by atoms with Crippen LogP contribution in [0.2, 0.25) is 0 Å². The molecule has 0 saturated carbocycles. The van der Waals surface area contributed by atoms with Crippen LogP contribution in [-0.4, -0.2) is 56.0 Å². The molecule has 3 atom stereocenters. The molecule has 0 amide bonds. The maximum absolute atomic E-state index is 12.6. The molecule has 0 aliphatic rings. The molecule has 3 unspecified atom stereocenters. The van der Waals surface area contributed by atoms with E-state index in [2.05, 4.69) is 38.7 Å². The van der Waals surface area contributed by atoms with E-state index in [9.17, 15) is 14.4 Å². The molecule has 0 fully saturated rings. The van der Waals surface area contributed by atoms with E-state index < -0.39 is 0 Å². The normalized spacial score (nSPS) is 13.5. The lowest BCUT2D eigenvalue weighted by molar-refractivity contribution is -0.150. The van der Waals surface area contributed by atoms with Crippen LogP contribution in [0.4, 0.5) is 0 Å². The Labute approximate surface area is 304 Å². The summed E-state index contributed by atoms with van der Waals surface area (Å²) in [6.07, 6.45) is 33.1. The molecule has 49 heavy (non-hydrogen) atoms. The molecule has 0 aliphatic heterocycles. The number of carbonyl (C=O) groups excluding carboxylic acids is 3. The van der Waals surface area contributed by atoms with Gasteiger partial charge in [-0.05, 0) is 104 Å². The summed E-state index contributed by atoms with van der Waals surface area (Å²) in [5.41, 5.74) is 0. The average Bonchev–Trinajstić information content (AvgIpc) is 3.08. The summed E-state index contributed by atoms with van der Waals surface area (Å²) >= 11 is 0. The summed E-state index contributed by atoms with van der Waals surface area (Å²) in [5, 5.41) is 0. The van der Waals surface area contributed by atoms with E-state index in [-0.39, 0.29) is 29.9 Å². The Morgan fingerprint density at radius 2 is 1.10 bits per heavy atom. The maximum Gasteiger partial charge on any atom is 0.308 e. The van der Waals surface area contributed by atoms with Crippen LogP contribution in [0.3, 0.4) is 0 Å². The van der Waals surface area contributed by atoms with Crippen molar-refractivity contribution in [3.63, 3.8) is 0 Å². The number of esters is 2. The third-order valence-electron chi connectivity index (χ3n) is 9.91. The van der Waals surface area contributed by atoms with E-state index >= 15 is 0 Å². The first-order chi connectivity index (χ1) is 23.8. The van der Waals surface area contributed by atoms with Gasteiger partial charge in [0, 0.05) is 12.3 Å². The minimum atomic E-state index is -0.0369. The van der Waals surface area contributed by atoms with Crippen molar-refractivity contribution in [3.05, 3.63) is 12.2 Å². The zero-order valence-corrected chi connectivity index (χ0v) is 33.4. The van der Waals surface area contributed by atoms with Crippen LogP contribution in [0.25, 0.3) is 0 Å². The van der Waals surface area contributed by atoms with Crippen molar-refractivity contribution in [3.8, 4) is 0 Å². The van der Waals surface area contributed by atoms with Gasteiger partial charge in [-0.3, -0.25) is 14.4 Å². The number of allylic oxidation sites excluding steroid dienone is 2. The van der Waals surface area contributed by atoms with E-state index in [0.717, 1.165) is 116 Å². The number of hydrogen-bond acceptors (Lipinski definition) is 6. The lowest BCUT2D eigenvalue weighted by Gasteiger charge is -2.18. The van der Waals surface area contributed by atoms with Crippen LogP contribution >= 0.6 is 0 Å². The van der Waals surface area contributed by atoms with Crippen LogP contribution in [0.5, 0.6) is 0 Å². The fraction of sp³-hybridized carbons (Fsp3) is 0.884. The predicted octanol–water partition coefficient (Wildman–Crippen LogP) is 12.0. The maximum atomic E-state index is 12.6. The fourth-order valence-corrected chi connectivity index (χ4v) is 6.49. The lowest BCUT2D eigenvalue weighted by Crippen LogP contribution is -2.20. The van der Waals surface area contributed by atoms with Gasteiger partial charge in [0.1, 0.15) is 6.10 Å². The predicted molar refractivity (Wildman–Crippen MR) is 208 cm³/mol. The first-order valence-electron chi connectivity index (χ1n) is 21.0. The van der Waals surface area contributed by atoms with Crippen molar-refractivity contribution >= 4 is 17.7 Å². The Morgan fingerprint density at radius 1 is 0.592 bits per heavy atom. The molecule has 0 N–H and O–H groups in total. The Morgan fingerprint density at radius 3 is 1.63 bits per heavy atom. The third kappa shape index (κ3) is 29.7. The van der Waals surface area contributed by atoms with Crippen molar-refractivity contribution in [2.24, 2.45) is 11.8 Å². The van der Waals surface area contributed by atoms with Gasteiger partial charge in [0.2, 0.25) is 0 Å². The van der Waals surface area contributed by atoms with E-state index in [1.165, 1.54) is 57.8 Å². The number of hydrogen-bond donors (Lipinski definition) is 0. The minimum absolute atomic E-state index is 0.00311. The highest BCUT2D eigenvalue weighted by molar-refractivity contribution is 5.91. The molecule has 0 rings (SSSR count). The molecule has 6 nitrogen and oxygen atoms in total. The monoisotopic (exact) mass is 692 g/mol. The van der Waals surface area contributed by atoms with Crippen LogP contribution < -0.4 is 0 Å². The van der Waals surface area contributed by atoms with Crippen molar-refractivity contribution in [2.45, 2.75) is 207 Å². The molecule has 288 valence electrons. The zero-order valence-electron chi connectivity index (χ0n) is 33.4. The lowest BCUT2D eigenvalue weighted by atomic mass is 9.94. The number of rotatable bonds is 36. The first kappa shape index (κ1) is 47.3. The van der Waals surface area contributed by atoms with Crippen LogP contribution in [0.15, 0.2) is 12.2 Å². The van der Waals surface area contributed by atoms with Gasteiger partial charge in [-0.15, -0.1) is 0 Å². The average molecular weight is 692 g/mol. The minimum Gasteiger partial charge on any atom is -0.465 e. The van der Waals surface area contributed by atoms with E-state index in [0.29, 0.717) is 18.8 Å². The molecular weight excluding hydrogens is 610 g/mol. The van der Waals surface area contributed by atoms with Gasteiger partial charge in [0.05, 0.1) is 12.5 Å². The zero-order chi connectivity index (χ0) is 36.4. The Balaban J connectivity index is 4.17. The van der Waals surface area contributed by atoms with Gasteiger partial charge in [-0.2, -0.15) is 0 Å². The molecule has 0 aromatic heterocycles. The van der Waals surface area contributed by atoms with Gasteiger partial charge >= 0.3 is 11.9 Å². The Kier molecular flexibility index (Phi) is 33.5. The number of nitrogens with zero attached hydrogens (tertiary/aromatic N) is 1. The summed E-state index contributed by atoms with van der Waals surface area (Å²) in [6.45, 7) is 10.0. The number of carbonyl (C=O) groups is 3. The fourth-order valence-electron chi connectivity index (χ4n) is 6.49. The Bertz CT molecular complexity index is 810. The molecule has 0 radical (unpaired) electrons. The van der Waals surface area contributed by atoms with Gasteiger partial charge in [0.25, 0.3) is 0 Å². The molecule has 0 bridgehead atoms. The largest absolute Gasteiger partial charge is 0.465 e. The van der Waals surface area contributed by atoms with Gasteiger partial charge < -0.3 is 14.4 Å². The summed E-state index contributed by atoms with van der Waals surface area (Å²) in [4.78, 5) is 39.3. The second kappa shape index (κ2) is 34.7. The van der Waals surface area contributed by atoms with Crippen LogP contribution in [0, 0.1) is 11.8 Å². The highest BCUT2D eigenvalue weighted by Crippen LogP contribution is 2.19. The molecular formula is C43H81NO5. The van der Waals surface area contributed by atoms with Crippen molar-refractivity contribution in [1.82, 2.24) is 4.90 Å². The van der Waals surface area contributed by atoms with Crippen LogP contribution in [-0.2, 0) is 23.9 Å². The summed E-state index contributed by atoms with van der Waals surface area (Å²) in [7, 11) is 4.08. The Hall–Kier alpha value is -1.69. The first-order valence-corrected chi connectivity index (χ1v) is 21.0. The molecule has 0 aromatic rings. The SMILES string of the molecule is CCCCC(CC)C(=O)/C=C\CCCCCCCCCC(CCCCCCCCCOC(=O)C(CC)CCCC)OC(=O)CCCN(C)C. The summed E-state index contributed by atoms with van der Waals surface area (Å²) in [5.74, 6) is 0.562. The molecule has 0 aliphatic carbocycles. The molecule has 0 heterocycles. The van der Waals surface area contributed by atoms with Gasteiger partial charge in [-0.1, -0.05) is 124 Å². The standard InChI is InChI=1S/C43H81NO5/c1-7-11-30-38(9-3)41(45)34-27-23-19-15-13-14-17-21-25-32-40(49-42(46)35-29-36-44(5)6)33-26-22-18-16-20-24-28-37-48-43(47)39(10-4)31-12-8-2/h27,34,38-40H,7-26,28-33,35-37H2,1-6H3/b34-27-. The smallest absolute Gasteiger partial charge is 0.308 e. The number of ketones is 1. The molecule has 0 aromatic carbocycles. The van der Waals surface area contributed by atoms with Crippen molar-refractivity contribution in [2.75, 3.05) is 27.2 Å². The highest BCUT2D eigenvalue weighted by atomic mass is 16.5.